The molecule has 0 spiro atoms. The molecule has 28 heavy (non-hydrogen) atoms. The highest BCUT2D eigenvalue weighted by Gasteiger charge is 2.18. The van der Waals surface area contributed by atoms with Crippen LogP contribution in [0.5, 0.6) is 5.75 Å². The van der Waals surface area contributed by atoms with Crippen molar-refractivity contribution < 1.29 is 13.5 Å². The summed E-state index contributed by atoms with van der Waals surface area (Å²) in [4.78, 5) is 1.46. The number of nitrogens with one attached hydrogen (secondary N) is 1. The van der Waals surface area contributed by atoms with Crippen LogP contribution in [-0.2, 0) is 6.54 Å². The predicted molar refractivity (Wildman–Crippen MR) is 99.8 cm³/mol. The largest absolute Gasteiger partial charge is 0.487 e. The van der Waals surface area contributed by atoms with Crippen LogP contribution >= 0.6 is 0 Å². The fourth-order valence-corrected chi connectivity index (χ4v) is 3.34. The third kappa shape index (κ3) is 4.33. The van der Waals surface area contributed by atoms with Gasteiger partial charge in [0.2, 0.25) is 0 Å². The Kier molecular flexibility index (Phi) is 5.57. The Morgan fingerprint density at radius 3 is 2.39 bits per heavy atom. The van der Waals surface area contributed by atoms with Crippen LogP contribution in [0.3, 0.4) is 0 Å². The summed E-state index contributed by atoms with van der Waals surface area (Å²) in [5.74, 6) is -1.33. The van der Waals surface area contributed by atoms with Crippen LogP contribution in [0.1, 0.15) is 18.4 Å². The maximum Gasteiger partial charge on any atom is 0.190 e. The standard InChI is InChI=1S/C20H21F2N5O/c21-18-9-17(10-19(22)20(18)28-12-15-5-7-23-8-6-15)16-3-1-14(2-4-16)11-27-25-13-24-26-27/h1-4,9-10,13,15,23H,5-8,11-12H2. The van der Waals surface area contributed by atoms with E-state index in [4.69, 9.17) is 4.74 Å². The summed E-state index contributed by atoms with van der Waals surface area (Å²) in [5, 5.41) is 14.7. The average Bonchev–Trinajstić information content (AvgIpc) is 3.22. The zero-order chi connectivity index (χ0) is 19.3. The molecular weight excluding hydrogens is 364 g/mol. The van der Waals surface area contributed by atoms with Crippen LogP contribution in [0.2, 0.25) is 0 Å². The second-order valence-corrected chi connectivity index (χ2v) is 6.94. The van der Waals surface area contributed by atoms with E-state index in [1.54, 1.807) is 0 Å². The van der Waals surface area contributed by atoms with Crippen molar-refractivity contribution in [2.75, 3.05) is 19.7 Å². The second kappa shape index (κ2) is 8.43. The van der Waals surface area contributed by atoms with Crippen molar-refractivity contribution in [3.8, 4) is 16.9 Å². The van der Waals surface area contributed by atoms with Gasteiger partial charge in [-0.3, -0.25) is 0 Å². The van der Waals surface area contributed by atoms with Gasteiger partial charge in [0.05, 0.1) is 13.2 Å². The van der Waals surface area contributed by atoms with Gasteiger partial charge < -0.3 is 10.1 Å². The van der Waals surface area contributed by atoms with Crippen molar-refractivity contribution in [2.45, 2.75) is 19.4 Å². The summed E-state index contributed by atoms with van der Waals surface area (Å²) in [7, 11) is 0. The zero-order valence-corrected chi connectivity index (χ0v) is 15.3. The number of tetrazole rings is 1. The van der Waals surface area contributed by atoms with Crippen LogP contribution in [0, 0.1) is 17.6 Å². The molecule has 2 heterocycles. The highest BCUT2D eigenvalue weighted by molar-refractivity contribution is 5.65. The topological polar surface area (TPSA) is 64.9 Å². The smallest absolute Gasteiger partial charge is 0.190 e. The van der Waals surface area contributed by atoms with Gasteiger partial charge in [-0.2, -0.15) is 4.80 Å². The molecular formula is C20H21F2N5O. The molecule has 0 radical (unpaired) electrons. The van der Waals surface area contributed by atoms with E-state index in [-0.39, 0.29) is 5.75 Å². The highest BCUT2D eigenvalue weighted by Crippen LogP contribution is 2.30. The quantitative estimate of drug-likeness (QED) is 0.707. The van der Waals surface area contributed by atoms with Gasteiger partial charge in [-0.15, -0.1) is 10.2 Å². The first-order valence-electron chi connectivity index (χ1n) is 9.31. The normalized spacial score (nSPS) is 14.9. The van der Waals surface area contributed by atoms with Gasteiger partial charge in [0.25, 0.3) is 0 Å². The van der Waals surface area contributed by atoms with Crippen LogP contribution in [0.4, 0.5) is 8.78 Å². The van der Waals surface area contributed by atoms with Crippen molar-refractivity contribution in [3.63, 3.8) is 0 Å². The molecule has 0 aliphatic carbocycles. The molecule has 2 aromatic carbocycles. The summed E-state index contributed by atoms with van der Waals surface area (Å²) in [5.41, 5.74) is 2.15. The Hall–Kier alpha value is -2.87. The summed E-state index contributed by atoms with van der Waals surface area (Å²) in [6.07, 6.45) is 3.28. The molecule has 146 valence electrons. The number of halogens is 2. The minimum atomic E-state index is -0.681. The van der Waals surface area contributed by atoms with Gasteiger partial charge in [-0.05, 0) is 65.9 Å². The average molecular weight is 385 g/mol. The molecule has 1 aliphatic heterocycles. The van der Waals surface area contributed by atoms with E-state index in [0.717, 1.165) is 37.1 Å². The van der Waals surface area contributed by atoms with Crippen molar-refractivity contribution in [1.82, 2.24) is 25.5 Å². The molecule has 6 nitrogen and oxygen atoms in total. The fourth-order valence-electron chi connectivity index (χ4n) is 3.34. The lowest BCUT2D eigenvalue weighted by molar-refractivity contribution is 0.201. The molecule has 3 aromatic rings. The fraction of sp³-hybridized carbons (Fsp3) is 0.350. The van der Waals surface area contributed by atoms with Gasteiger partial charge in [0.15, 0.2) is 23.7 Å². The molecule has 8 heteroatoms. The lowest BCUT2D eigenvalue weighted by atomic mass is 9.99. The number of piperidine rings is 1. The first-order chi connectivity index (χ1) is 13.7. The summed E-state index contributed by atoms with van der Waals surface area (Å²) >= 11 is 0. The number of nitrogens with zero attached hydrogens (tertiary/aromatic N) is 4. The molecule has 0 amide bonds. The minimum Gasteiger partial charge on any atom is -0.487 e. The number of hydrogen-bond donors (Lipinski definition) is 1. The molecule has 1 fully saturated rings. The third-order valence-corrected chi connectivity index (χ3v) is 4.92. The van der Waals surface area contributed by atoms with E-state index in [1.807, 2.05) is 24.3 Å². The van der Waals surface area contributed by atoms with Gasteiger partial charge in [0.1, 0.15) is 0 Å². The SMILES string of the molecule is Fc1cc(-c2ccc(Cn3ncnn3)cc2)cc(F)c1OCC1CCNCC1. The summed E-state index contributed by atoms with van der Waals surface area (Å²) in [6, 6.07) is 10.0. The lowest BCUT2D eigenvalue weighted by Gasteiger charge is -2.23. The predicted octanol–water partition coefficient (Wildman–Crippen LogP) is 3.04. The molecule has 4 rings (SSSR count). The number of benzene rings is 2. The van der Waals surface area contributed by atoms with E-state index in [1.165, 1.54) is 23.3 Å². The molecule has 1 aromatic heterocycles. The molecule has 1 aliphatic rings. The van der Waals surface area contributed by atoms with E-state index in [0.29, 0.717) is 24.6 Å². The van der Waals surface area contributed by atoms with E-state index < -0.39 is 11.6 Å². The van der Waals surface area contributed by atoms with Crippen molar-refractivity contribution >= 4 is 0 Å². The maximum atomic E-state index is 14.5. The Bertz CT molecular complexity index is 886. The molecule has 0 atom stereocenters. The van der Waals surface area contributed by atoms with Crippen LogP contribution in [0.15, 0.2) is 42.7 Å². The first kappa shape index (κ1) is 18.5. The van der Waals surface area contributed by atoms with Crippen molar-refractivity contribution in [1.29, 1.82) is 0 Å². The molecule has 0 unspecified atom stereocenters. The van der Waals surface area contributed by atoms with Gasteiger partial charge in [0, 0.05) is 0 Å². The van der Waals surface area contributed by atoms with Crippen LogP contribution in [0.25, 0.3) is 11.1 Å². The summed E-state index contributed by atoms with van der Waals surface area (Å²) in [6.45, 7) is 2.65. The maximum absolute atomic E-state index is 14.5. The van der Waals surface area contributed by atoms with Gasteiger partial charge in [-0.25, -0.2) is 8.78 Å². The lowest BCUT2D eigenvalue weighted by Crippen LogP contribution is -2.30. The van der Waals surface area contributed by atoms with E-state index >= 15 is 0 Å². The van der Waals surface area contributed by atoms with E-state index in [2.05, 4.69) is 20.7 Å². The third-order valence-electron chi connectivity index (χ3n) is 4.92. The number of hydrogen-bond acceptors (Lipinski definition) is 5. The zero-order valence-electron chi connectivity index (χ0n) is 15.3. The Balaban J connectivity index is 1.46. The van der Waals surface area contributed by atoms with Crippen molar-refractivity contribution in [3.05, 3.63) is 59.9 Å². The highest BCUT2D eigenvalue weighted by atomic mass is 19.1. The Morgan fingerprint density at radius 1 is 1.04 bits per heavy atom. The Morgan fingerprint density at radius 2 is 1.75 bits per heavy atom. The molecule has 0 saturated carbocycles. The van der Waals surface area contributed by atoms with Gasteiger partial charge >= 0.3 is 0 Å². The van der Waals surface area contributed by atoms with Crippen LogP contribution < -0.4 is 10.1 Å². The first-order valence-corrected chi connectivity index (χ1v) is 9.31. The Labute approximate surface area is 161 Å². The molecule has 0 bridgehead atoms. The number of rotatable bonds is 6. The van der Waals surface area contributed by atoms with Gasteiger partial charge in [-0.1, -0.05) is 24.3 Å². The van der Waals surface area contributed by atoms with E-state index in [9.17, 15) is 8.78 Å². The van der Waals surface area contributed by atoms with Crippen molar-refractivity contribution in [2.24, 2.45) is 5.92 Å². The molecule has 1 saturated heterocycles. The monoisotopic (exact) mass is 385 g/mol. The minimum absolute atomic E-state index is 0.295. The number of ether oxygens (including phenoxy) is 1. The molecule has 1 N–H and O–H groups in total. The second-order valence-electron chi connectivity index (χ2n) is 6.94. The number of aromatic nitrogens is 4. The summed E-state index contributed by atoms with van der Waals surface area (Å²) < 4.78 is 34.4. The van der Waals surface area contributed by atoms with Crippen LogP contribution in [-0.4, -0.2) is 39.9 Å².